The van der Waals surface area contributed by atoms with Gasteiger partial charge >= 0.3 is 5.97 Å². The topological polar surface area (TPSA) is 44.8 Å². The van der Waals surface area contributed by atoms with E-state index >= 15 is 0 Å². The fourth-order valence-electron chi connectivity index (χ4n) is 1.60. The minimum absolute atomic E-state index is 0.234. The third-order valence-electron chi connectivity index (χ3n) is 2.55. The van der Waals surface area contributed by atoms with Gasteiger partial charge in [0.25, 0.3) is 5.95 Å². The number of carbonyl (C=O) groups is 1. The summed E-state index contributed by atoms with van der Waals surface area (Å²) >= 11 is 0. The molecule has 0 aliphatic rings. The van der Waals surface area contributed by atoms with Gasteiger partial charge in [-0.05, 0) is 20.3 Å². The molecule has 0 rings (SSSR count). The van der Waals surface area contributed by atoms with E-state index in [0.717, 1.165) is 12.8 Å². The second-order valence-corrected chi connectivity index (χ2v) is 4.26. The molecule has 4 heteroatoms. The molecular weight excluding hydrogens is 244 g/mol. The van der Waals surface area contributed by atoms with E-state index in [0.29, 0.717) is 19.8 Å². The normalized spacial score (nSPS) is 9.84. The zero-order chi connectivity index (χ0) is 14.3. The van der Waals surface area contributed by atoms with Gasteiger partial charge in [-0.1, -0.05) is 39.0 Å². The Kier molecular flexibility index (Phi) is 12.4. The summed E-state index contributed by atoms with van der Waals surface area (Å²) in [6.07, 6.45) is 8.31. The van der Waals surface area contributed by atoms with Crippen molar-refractivity contribution in [3.63, 3.8) is 0 Å². The second-order valence-electron chi connectivity index (χ2n) is 4.26. The summed E-state index contributed by atoms with van der Waals surface area (Å²) < 4.78 is 15.4. The highest BCUT2D eigenvalue weighted by Gasteiger charge is 2.04. The molecule has 0 aromatic carbocycles. The van der Waals surface area contributed by atoms with Crippen LogP contribution in [0.3, 0.4) is 0 Å². The van der Waals surface area contributed by atoms with Gasteiger partial charge in [-0.2, -0.15) is 0 Å². The number of hydrogen-bond acceptors (Lipinski definition) is 4. The van der Waals surface area contributed by atoms with E-state index in [1.807, 2.05) is 13.8 Å². The van der Waals surface area contributed by atoms with Crippen molar-refractivity contribution in [2.45, 2.75) is 59.3 Å². The Labute approximate surface area is 117 Å². The maximum Gasteiger partial charge on any atom is 0.337 e. The Morgan fingerprint density at radius 2 is 1.42 bits per heavy atom. The first-order valence-electron chi connectivity index (χ1n) is 7.38. The number of ether oxygens (including phenoxy) is 3. The van der Waals surface area contributed by atoms with Crippen molar-refractivity contribution in [2.24, 2.45) is 0 Å². The van der Waals surface area contributed by atoms with Crippen LogP contribution in [-0.4, -0.2) is 25.8 Å². The molecule has 0 N–H and O–H groups in total. The molecule has 19 heavy (non-hydrogen) atoms. The second kappa shape index (κ2) is 13.2. The van der Waals surface area contributed by atoms with E-state index in [-0.39, 0.29) is 5.95 Å². The Morgan fingerprint density at radius 3 is 2.00 bits per heavy atom. The van der Waals surface area contributed by atoms with Crippen LogP contribution in [0, 0.1) is 0 Å². The Hall–Kier alpha value is -1.19. The zero-order valence-electron chi connectivity index (χ0n) is 12.6. The molecule has 112 valence electrons. The summed E-state index contributed by atoms with van der Waals surface area (Å²) in [5.41, 5.74) is 0. The zero-order valence-corrected chi connectivity index (χ0v) is 12.6. The predicted molar refractivity (Wildman–Crippen MR) is 75.7 cm³/mol. The summed E-state index contributed by atoms with van der Waals surface area (Å²) in [6.45, 7) is 7.28. The fraction of sp³-hybridized carbons (Fsp3) is 0.800. The van der Waals surface area contributed by atoms with Crippen LogP contribution < -0.4 is 0 Å². The molecule has 0 amide bonds. The third kappa shape index (κ3) is 11.6. The fourth-order valence-corrected chi connectivity index (χ4v) is 1.60. The van der Waals surface area contributed by atoms with E-state index in [1.165, 1.54) is 31.8 Å². The van der Waals surface area contributed by atoms with E-state index in [4.69, 9.17) is 14.2 Å². The lowest BCUT2D eigenvalue weighted by atomic mass is 10.1. The maximum absolute atomic E-state index is 11.5. The van der Waals surface area contributed by atoms with E-state index < -0.39 is 5.97 Å². The highest BCUT2D eigenvalue weighted by atomic mass is 16.7. The van der Waals surface area contributed by atoms with Gasteiger partial charge in [-0.15, -0.1) is 0 Å². The molecule has 0 saturated carbocycles. The number of esters is 1. The summed E-state index contributed by atoms with van der Waals surface area (Å²) in [4.78, 5) is 11.5. The Balaban J connectivity index is 3.68. The van der Waals surface area contributed by atoms with Crippen LogP contribution in [0.15, 0.2) is 12.0 Å². The van der Waals surface area contributed by atoms with E-state index in [9.17, 15) is 4.79 Å². The van der Waals surface area contributed by atoms with Gasteiger partial charge in [0, 0.05) is 0 Å². The number of unbranched alkanes of at least 4 members (excludes halogenated alkanes) is 5. The molecule has 0 bridgehead atoms. The summed E-state index contributed by atoms with van der Waals surface area (Å²) in [6, 6.07) is 0. The van der Waals surface area contributed by atoms with Crippen molar-refractivity contribution >= 4 is 5.97 Å². The first-order chi connectivity index (χ1) is 9.24. The van der Waals surface area contributed by atoms with Gasteiger partial charge in [0.2, 0.25) is 0 Å². The molecule has 0 spiro atoms. The Bertz CT molecular complexity index is 241. The van der Waals surface area contributed by atoms with Crippen molar-refractivity contribution in [3.05, 3.63) is 12.0 Å². The number of hydrogen-bond donors (Lipinski definition) is 0. The molecule has 0 atom stereocenters. The summed E-state index contributed by atoms with van der Waals surface area (Å²) in [5, 5.41) is 0. The quantitative estimate of drug-likeness (QED) is 0.234. The molecule has 0 aromatic heterocycles. The van der Waals surface area contributed by atoms with Crippen LogP contribution in [0.2, 0.25) is 0 Å². The minimum atomic E-state index is -0.398. The van der Waals surface area contributed by atoms with Gasteiger partial charge in [-0.3, -0.25) is 0 Å². The highest BCUT2D eigenvalue weighted by molar-refractivity contribution is 5.82. The van der Waals surface area contributed by atoms with Crippen LogP contribution in [0.1, 0.15) is 59.3 Å². The lowest BCUT2D eigenvalue weighted by Crippen LogP contribution is -2.06. The lowest BCUT2D eigenvalue weighted by Gasteiger charge is -2.08. The molecular formula is C15H28O4. The van der Waals surface area contributed by atoms with Gasteiger partial charge in [-0.25, -0.2) is 4.79 Å². The van der Waals surface area contributed by atoms with Crippen molar-refractivity contribution in [1.29, 1.82) is 0 Å². The average molecular weight is 272 g/mol. The van der Waals surface area contributed by atoms with Crippen LogP contribution in [-0.2, 0) is 19.0 Å². The summed E-state index contributed by atoms with van der Waals surface area (Å²) in [5.74, 6) is -0.164. The molecule has 0 radical (unpaired) electrons. The minimum Gasteiger partial charge on any atom is -0.466 e. The van der Waals surface area contributed by atoms with Gasteiger partial charge in [0.15, 0.2) is 0 Å². The third-order valence-corrected chi connectivity index (χ3v) is 2.55. The van der Waals surface area contributed by atoms with Crippen LogP contribution in [0.25, 0.3) is 0 Å². The molecule has 0 unspecified atom stereocenters. The van der Waals surface area contributed by atoms with Crippen molar-refractivity contribution in [3.8, 4) is 0 Å². The van der Waals surface area contributed by atoms with Crippen LogP contribution in [0.4, 0.5) is 0 Å². The maximum atomic E-state index is 11.5. The van der Waals surface area contributed by atoms with Crippen molar-refractivity contribution < 1.29 is 19.0 Å². The molecule has 0 aliphatic heterocycles. The molecule has 0 saturated heterocycles. The van der Waals surface area contributed by atoms with Crippen molar-refractivity contribution in [2.75, 3.05) is 19.8 Å². The predicted octanol–water partition coefficient (Wildman–Crippen LogP) is 3.80. The van der Waals surface area contributed by atoms with E-state index in [1.54, 1.807) is 0 Å². The van der Waals surface area contributed by atoms with Crippen LogP contribution in [0.5, 0.6) is 0 Å². The van der Waals surface area contributed by atoms with E-state index in [2.05, 4.69) is 6.92 Å². The summed E-state index contributed by atoms with van der Waals surface area (Å²) in [7, 11) is 0. The molecule has 0 aliphatic carbocycles. The first kappa shape index (κ1) is 17.8. The standard InChI is InChI=1S/C15H28O4/c1-4-7-8-9-10-11-12-19-14(16)13-15(17-5-2)18-6-3/h13H,4-12H2,1-3H3. The first-order valence-corrected chi connectivity index (χ1v) is 7.38. The Morgan fingerprint density at radius 1 is 0.842 bits per heavy atom. The monoisotopic (exact) mass is 272 g/mol. The van der Waals surface area contributed by atoms with Crippen molar-refractivity contribution in [1.82, 2.24) is 0 Å². The smallest absolute Gasteiger partial charge is 0.337 e. The molecule has 0 heterocycles. The lowest BCUT2D eigenvalue weighted by molar-refractivity contribution is -0.138. The van der Waals surface area contributed by atoms with Gasteiger partial charge in [0.05, 0.1) is 19.8 Å². The van der Waals surface area contributed by atoms with Crippen LogP contribution >= 0.6 is 0 Å². The number of carbonyl (C=O) groups excluding carboxylic acids is 1. The number of rotatable bonds is 12. The highest BCUT2D eigenvalue weighted by Crippen LogP contribution is 2.05. The van der Waals surface area contributed by atoms with Gasteiger partial charge < -0.3 is 14.2 Å². The molecule has 0 fully saturated rings. The van der Waals surface area contributed by atoms with Gasteiger partial charge in [0.1, 0.15) is 6.08 Å². The molecule has 4 nitrogen and oxygen atoms in total. The molecule has 0 aromatic rings. The average Bonchev–Trinajstić information content (AvgIpc) is 2.38. The SMILES string of the molecule is CCCCCCCCOC(=O)C=C(OCC)OCC. The largest absolute Gasteiger partial charge is 0.466 e.